The van der Waals surface area contributed by atoms with Crippen molar-refractivity contribution >= 4 is 38.5 Å². The van der Waals surface area contributed by atoms with Gasteiger partial charge in [-0.1, -0.05) is 65.7 Å². The van der Waals surface area contributed by atoms with Crippen LogP contribution in [0.25, 0.3) is 0 Å². The van der Waals surface area contributed by atoms with Crippen molar-refractivity contribution < 1.29 is 4.42 Å². The highest BCUT2D eigenvalue weighted by Gasteiger charge is 2.31. The van der Waals surface area contributed by atoms with E-state index in [9.17, 15) is 0 Å². The molecular formula is C16H27BrINO. The monoisotopic (exact) mass is 455 g/mol. The largest absolute Gasteiger partial charge is 0.425 e. The fraction of sp³-hybridized carbons (Fsp3) is 0.812. The molecule has 0 amide bonds. The Labute approximate surface area is 145 Å². The summed E-state index contributed by atoms with van der Waals surface area (Å²) in [5, 5.41) is 0. The summed E-state index contributed by atoms with van der Waals surface area (Å²) in [6, 6.07) is 0. The first-order chi connectivity index (χ1) is 9.53. The highest BCUT2D eigenvalue weighted by Crippen LogP contribution is 2.38. The van der Waals surface area contributed by atoms with Gasteiger partial charge in [-0.25, -0.2) is 4.98 Å². The Kier molecular flexibility index (Phi) is 8.72. The fourth-order valence-corrected chi connectivity index (χ4v) is 4.32. The zero-order valence-electron chi connectivity index (χ0n) is 13.0. The van der Waals surface area contributed by atoms with E-state index in [4.69, 9.17) is 4.42 Å². The molecule has 0 aliphatic heterocycles. The van der Waals surface area contributed by atoms with Crippen molar-refractivity contribution in [1.82, 2.24) is 4.98 Å². The Balaban J connectivity index is 2.68. The lowest BCUT2D eigenvalue weighted by molar-refractivity contribution is 0.355. The topological polar surface area (TPSA) is 26.0 Å². The molecule has 1 unspecified atom stereocenters. The van der Waals surface area contributed by atoms with Crippen molar-refractivity contribution in [2.75, 3.05) is 0 Å². The predicted molar refractivity (Wildman–Crippen MR) is 97.2 cm³/mol. The van der Waals surface area contributed by atoms with Crippen LogP contribution in [0.5, 0.6) is 0 Å². The van der Waals surface area contributed by atoms with Crippen LogP contribution in [0.3, 0.4) is 0 Å². The summed E-state index contributed by atoms with van der Waals surface area (Å²) < 4.78 is 6.52. The fourth-order valence-electron chi connectivity index (χ4n) is 2.70. The Bertz CT molecular complexity index is 394. The van der Waals surface area contributed by atoms with Gasteiger partial charge < -0.3 is 4.42 Å². The average Bonchev–Trinajstić information content (AvgIpc) is 2.76. The lowest BCUT2D eigenvalue weighted by atomic mass is 9.77. The van der Waals surface area contributed by atoms with Crippen LogP contribution in [0.15, 0.2) is 9.22 Å². The van der Waals surface area contributed by atoms with E-state index in [1.165, 1.54) is 57.8 Å². The van der Waals surface area contributed by atoms with Gasteiger partial charge in [-0.3, -0.25) is 0 Å². The second-order valence-corrected chi connectivity index (χ2v) is 7.58. The van der Waals surface area contributed by atoms with Gasteiger partial charge in [0.2, 0.25) is 0 Å². The molecule has 0 aromatic carbocycles. The molecule has 0 aliphatic carbocycles. The molecule has 116 valence electrons. The summed E-state index contributed by atoms with van der Waals surface area (Å²) in [4.78, 5) is 5.21. The second-order valence-electron chi connectivity index (χ2n) is 5.92. The summed E-state index contributed by atoms with van der Waals surface area (Å²) in [5.74, 6) is 0. The molecule has 2 nitrogen and oxygen atoms in total. The third kappa shape index (κ3) is 5.66. The number of aromatic nitrogens is 1. The number of oxazole rings is 1. The second kappa shape index (κ2) is 9.44. The first-order valence-electron chi connectivity index (χ1n) is 7.85. The van der Waals surface area contributed by atoms with Gasteiger partial charge in [0.25, 0.3) is 4.80 Å². The van der Waals surface area contributed by atoms with Crippen LogP contribution in [-0.2, 0) is 5.41 Å². The maximum atomic E-state index is 5.58. The van der Waals surface area contributed by atoms with Crippen molar-refractivity contribution in [3.05, 3.63) is 14.3 Å². The van der Waals surface area contributed by atoms with E-state index in [1.807, 2.05) is 0 Å². The van der Waals surface area contributed by atoms with E-state index < -0.39 is 0 Å². The summed E-state index contributed by atoms with van der Waals surface area (Å²) in [5.41, 5.74) is 1.31. The van der Waals surface area contributed by atoms with Crippen LogP contribution in [0.2, 0.25) is 0 Å². The summed E-state index contributed by atoms with van der Waals surface area (Å²) in [6.07, 6.45) is 11.6. The van der Waals surface area contributed by atoms with Gasteiger partial charge in [0.05, 0.1) is 5.69 Å². The molecule has 1 aromatic rings. The molecule has 1 rings (SSSR count). The molecule has 0 spiro atoms. The molecule has 4 heteroatoms. The van der Waals surface area contributed by atoms with E-state index in [-0.39, 0.29) is 5.41 Å². The van der Waals surface area contributed by atoms with E-state index in [2.05, 4.69) is 64.3 Å². The van der Waals surface area contributed by atoms with Gasteiger partial charge in [-0.15, -0.1) is 0 Å². The lowest BCUT2D eigenvalue weighted by Gasteiger charge is -2.28. The van der Waals surface area contributed by atoms with Crippen molar-refractivity contribution in [3.63, 3.8) is 0 Å². The highest BCUT2D eigenvalue weighted by atomic mass is 127. The molecular weight excluding hydrogens is 429 g/mol. The number of halogens is 2. The van der Waals surface area contributed by atoms with Crippen molar-refractivity contribution in [2.24, 2.45) is 0 Å². The van der Waals surface area contributed by atoms with Gasteiger partial charge in [0, 0.05) is 43.9 Å². The van der Waals surface area contributed by atoms with Gasteiger partial charge in [-0.05, 0) is 12.8 Å². The van der Waals surface area contributed by atoms with Gasteiger partial charge in [0.1, 0.15) is 0 Å². The molecule has 0 radical (unpaired) electrons. The molecule has 0 bridgehead atoms. The first-order valence-corrected chi connectivity index (χ1v) is 9.73. The molecule has 0 fully saturated rings. The maximum absolute atomic E-state index is 5.58. The van der Waals surface area contributed by atoms with Gasteiger partial charge in [0.15, 0.2) is 3.77 Å². The van der Waals surface area contributed by atoms with Crippen LogP contribution in [-0.4, -0.2) is 4.98 Å². The van der Waals surface area contributed by atoms with Crippen LogP contribution in [0.4, 0.5) is 0 Å². The smallest absolute Gasteiger partial charge is 0.265 e. The third-order valence-corrected chi connectivity index (χ3v) is 5.12. The molecule has 0 N–H and O–H groups in total. The predicted octanol–water partition coefficient (Wildman–Crippen LogP) is 6.85. The number of rotatable bonds is 10. The Morgan fingerprint density at radius 2 is 1.65 bits per heavy atom. The number of hydrogen-bond donors (Lipinski definition) is 0. The van der Waals surface area contributed by atoms with Crippen LogP contribution < -0.4 is 0 Å². The SMILES string of the molecule is CCCCCCCC(C)(CCCC)c1nc(Br)oc1I. The quantitative estimate of drug-likeness (QED) is 0.284. The van der Waals surface area contributed by atoms with Crippen LogP contribution in [0, 0.1) is 3.77 Å². The number of nitrogens with zero attached hydrogens (tertiary/aromatic N) is 1. The Hall–Kier alpha value is 0.420. The maximum Gasteiger partial charge on any atom is 0.265 e. The minimum atomic E-state index is 0.161. The average molecular weight is 456 g/mol. The molecule has 0 saturated heterocycles. The first kappa shape index (κ1) is 18.5. The molecule has 1 atom stereocenters. The molecule has 20 heavy (non-hydrogen) atoms. The van der Waals surface area contributed by atoms with E-state index in [0.29, 0.717) is 4.80 Å². The van der Waals surface area contributed by atoms with Crippen LogP contribution >= 0.6 is 38.5 Å². The van der Waals surface area contributed by atoms with E-state index >= 15 is 0 Å². The Morgan fingerprint density at radius 1 is 1.05 bits per heavy atom. The number of hydrogen-bond acceptors (Lipinski definition) is 2. The van der Waals surface area contributed by atoms with Crippen molar-refractivity contribution in [2.45, 2.75) is 84.0 Å². The molecule has 1 heterocycles. The molecule has 0 saturated carbocycles. The van der Waals surface area contributed by atoms with Gasteiger partial charge >= 0.3 is 0 Å². The van der Waals surface area contributed by atoms with Crippen LogP contribution in [0.1, 0.15) is 84.3 Å². The summed E-state index contributed by atoms with van der Waals surface area (Å²) in [6.45, 7) is 6.88. The zero-order valence-corrected chi connectivity index (χ0v) is 16.7. The normalized spacial score (nSPS) is 14.4. The van der Waals surface area contributed by atoms with Crippen molar-refractivity contribution in [1.29, 1.82) is 0 Å². The third-order valence-electron chi connectivity index (χ3n) is 4.05. The number of unbranched alkanes of at least 4 members (excludes halogenated alkanes) is 5. The standard InChI is InChI=1S/C16H27BrINO/c1-4-6-8-9-10-12-16(3,11-7-5-2)13-14(18)20-15(17)19-13/h4-12H2,1-3H3. The van der Waals surface area contributed by atoms with E-state index in [0.717, 1.165) is 9.46 Å². The minimum Gasteiger partial charge on any atom is -0.425 e. The van der Waals surface area contributed by atoms with Crippen molar-refractivity contribution in [3.8, 4) is 0 Å². The van der Waals surface area contributed by atoms with E-state index in [1.54, 1.807) is 0 Å². The molecule has 1 aromatic heterocycles. The minimum absolute atomic E-state index is 0.161. The zero-order chi connectivity index (χ0) is 15.0. The highest BCUT2D eigenvalue weighted by molar-refractivity contribution is 14.1. The van der Waals surface area contributed by atoms with Gasteiger partial charge in [-0.2, -0.15) is 0 Å². The Morgan fingerprint density at radius 3 is 2.20 bits per heavy atom. The lowest BCUT2D eigenvalue weighted by Crippen LogP contribution is -2.23. The molecule has 0 aliphatic rings. The summed E-state index contributed by atoms with van der Waals surface area (Å²) >= 11 is 5.64. The summed E-state index contributed by atoms with van der Waals surface area (Å²) in [7, 11) is 0.